The fraction of sp³-hybridized carbons (Fsp3) is 0.750. The maximum absolute atomic E-state index is 10.6. The molecule has 19 heavy (non-hydrogen) atoms. The van der Waals surface area contributed by atoms with Crippen molar-refractivity contribution in [3.8, 4) is 0 Å². The number of nitrogens with zero attached hydrogens (tertiary/aromatic N) is 3. The highest BCUT2D eigenvalue weighted by Gasteiger charge is 2.23. The van der Waals surface area contributed by atoms with Crippen LogP contribution in [0.25, 0.3) is 0 Å². The Bertz CT molecular complexity index is 440. The van der Waals surface area contributed by atoms with Crippen molar-refractivity contribution in [3.05, 3.63) is 11.6 Å². The van der Waals surface area contributed by atoms with Gasteiger partial charge >= 0.3 is 5.97 Å². The molecule has 1 fully saturated rings. The fourth-order valence-electron chi connectivity index (χ4n) is 2.31. The number of ether oxygens (including phenoxy) is 1. The smallest absolute Gasteiger partial charge is 0.332 e. The van der Waals surface area contributed by atoms with Gasteiger partial charge in [0.05, 0.1) is 0 Å². The maximum Gasteiger partial charge on any atom is 0.332 e. The minimum absolute atomic E-state index is 0.157. The Morgan fingerprint density at radius 2 is 2.16 bits per heavy atom. The number of aromatic nitrogens is 3. The van der Waals surface area contributed by atoms with Gasteiger partial charge in [0.1, 0.15) is 11.6 Å². The van der Waals surface area contributed by atoms with Gasteiger partial charge in [-0.2, -0.15) is 0 Å². The van der Waals surface area contributed by atoms with Crippen LogP contribution in [0.15, 0.2) is 0 Å². The second-order valence-corrected chi connectivity index (χ2v) is 4.79. The number of rotatable bonds is 5. The first-order chi connectivity index (χ1) is 9.09. The first-order valence-electron chi connectivity index (χ1n) is 6.48. The van der Waals surface area contributed by atoms with Crippen LogP contribution in [0, 0.1) is 6.92 Å². The molecule has 2 rings (SSSR count). The number of carboxylic acid groups (broad SMARTS) is 1. The highest BCUT2D eigenvalue weighted by atomic mass is 16.5. The lowest BCUT2D eigenvalue weighted by atomic mass is 9.99. The molecule has 106 valence electrons. The average Bonchev–Trinajstić information content (AvgIpc) is 2.78. The number of hydrogen-bond donors (Lipinski definition) is 2. The van der Waals surface area contributed by atoms with Crippen molar-refractivity contribution in [3.63, 3.8) is 0 Å². The molecule has 7 heteroatoms. The van der Waals surface area contributed by atoms with Crippen LogP contribution in [-0.2, 0) is 16.1 Å². The second kappa shape index (κ2) is 6.12. The highest BCUT2D eigenvalue weighted by Crippen LogP contribution is 2.26. The number of aliphatic carboxylic acids is 1. The summed E-state index contributed by atoms with van der Waals surface area (Å²) in [5, 5.41) is 26.3. The van der Waals surface area contributed by atoms with Crippen LogP contribution in [0.1, 0.15) is 36.8 Å². The van der Waals surface area contributed by atoms with Gasteiger partial charge in [-0.05, 0) is 19.8 Å². The third kappa shape index (κ3) is 3.30. The molecule has 2 heterocycles. The predicted octanol–water partition coefficient (Wildman–Crippen LogP) is 0.316. The summed E-state index contributed by atoms with van der Waals surface area (Å²) in [6.45, 7) is 3.69. The topological polar surface area (TPSA) is 97.5 Å². The van der Waals surface area contributed by atoms with Gasteiger partial charge in [0.25, 0.3) is 0 Å². The molecule has 0 aromatic carbocycles. The van der Waals surface area contributed by atoms with E-state index in [2.05, 4.69) is 10.2 Å². The number of aliphatic hydroxyl groups is 1. The van der Waals surface area contributed by atoms with E-state index in [0.717, 1.165) is 24.5 Å². The highest BCUT2D eigenvalue weighted by molar-refractivity contribution is 5.71. The van der Waals surface area contributed by atoms with Crippen LogP contribution < -0.4 is 0 Å². The first kappa shape index (κ1) is 14.0. The predicted molar refractivity (Wildman–Crippen MR) is 65.8 cm³/mol. The summed E-state index contributed by atoms with van der Waals surface area (Å²) in [4.78, 5) is 10.6. The van der Waals surface area contributed by atoms with Gasteiger partial charge < -0.3 is 19.5 Å². The molecule has 1 aliphatic rings. The zero-order chi connectivity index (χ0) is 13.8. The normalized spacial score (nSPS) is 18.4. The van der Waals surface area contributed by atoms with Crippen molar-refractivity contribution < 1.29 is 19.7 Å². The quantitative estimate of drug-likeness (QED) is 0.798. The molecule has 0 saturated carbocycles. The van der Waals surface area contributed by atoms with Gasteiger partial charge in [-0.1, -0.05) is 0 Å². The van der Waals surface area contributed by atoms with Crippen LogP contribution in [0.5, 0.6) is 0 Å². The summed E-state index contributed by atoms with van der Waals surface area (Å²) < 4.78 is 7.23. The Hall–Kier alpha value is -1.47. The molecule has 0 radical (unpaired) electrons. The van der Waals surface area contributed by atoms with E-state index in [9.17, 15) is 9.90 Å². The van der Waals surface area contributed by atoms with Crippen LogP contribution in [0.2, 0.25) is 0 Å². The van der Waals surface area contributed by atoms with Crippen LogP contribution in [-0.4, -0.2) is 50.3 Å². The van der Waals surface area contributed by atoms with E-state index >= 15 is 0 Å². The molecule has 1 unspecified atom stereocenters. The minimum Gasteiger partial charge on any atom is -0.479 e. The van der Waals surface area contributed by atoms with Gasteiger partial charge in [-0.3, -0.25) is 0 Å². The summed E-state index contributed by atoms with van der Waals surface area (Å²) in [6, 6.07) is 0. The monoisotopic (exact) mass is 269 g/mol. The largest absolute Gasteiger partial charge is 0.479 e. The molecule has 7 nitrogen and oxygen atoms in total. The van der Waals surface area contributed by atoms with E-state index in [1.165, 1.54) is 0 Å². The van der Waals surface area contributed by atoms with Crippen molar-refractivity contribution in [1.82, 2.24) is 14.8 Å². The maximum atomic E-state index is 10.6. The van der Waals surface area contributed by atoms with Gasteiger partial charge in [-0.25, -0.2) is 4.79 Å². The lowest BCUT2D eigenvalue weighted by Gasteiger charge is -2.22. The van der Waals surface area contributed by atoms with Crippen LogP contribution in [0.3, 0.4) is 0 Å². The van der Waals surface area contributed by atoms with Crippen molar-refractivity contribution >= 4 is 5.97 Å². The van der Waals surface area contributed by atoms with Crippen LogP contribution >= 0.6 is 0 Å². The van der Waals surface area contributed by atoms with E-state index in [-0.39, 0.29) is 6.42 Å². The molecule has 1 aromatic rings. The lowest BCUT2D eigenvalue weighted by molar-refractivity contribution is -0.147. The summed E-state index contributed by atoms with van der Waals surface area (Å²) in [5.74, 6) is 0.729. The molecule has 2 N–H and O–H groups in total. The molecule has 1 aromatic heterocycles. The first-order valence-corrected chi connectivity index (χ1v) is 6.48. The Labute approximate surface area is 111 Å². The minimum atomic E-state index is -1.34. The average molecular weight is 269 g/mol. The molecule has 0 aliphatic carbocycles. The summed E-state index contributed by atoms with van der Waals surface area (Å²) in [7, 11) is 0. The number of aryl methyl sites for hydroxylation is 1. The molecule has 1 atom stereocenters. The SMILES string of the molecule is Cc1nnc(C2CCOCC2)n1CCC(O)C(=O)O. The van der Waals surface area contributed by atoms with Crippen molar-refractivity contribution in [2.75, 3.05) is 13.2 Å². The summed E-state index contributed by atoms with van der Waals surface area (Å²) in [5.41, 5.74) is 0. The zero-order valence-electron chi connectivity index (χ0n) is 10.9. The van der Waals surface area contributed by atoms with Crippen molar-refractivity contribution in [2.45, 2.75) is 44.8 Å². The van der Waals surface area contributed by atoms with Crippen molar-refractivity contribution in [1.29, 1.82) is 0 Å². The standard InChI is InChI=1S/C12H19N3O4/c1-8-13-14-11(9-3-6-19-7-4-9)15(8)5-2-10(16)12(17)18/h9-10,16H,2-7H2,1H3,(H,17,18). The van der Waals surface area contributed by atoms with E-state index in [0.29, 0.717) is 25.7 Å². The fourth-order valence-corrected chi connectivity index (χ4v) is 2.31. The Balaban J connectivity index is 2.06. The molecular weight excluding hydrogens is 250 g/mol. The Morgan fingerprint density at radius 3 is 2.79 bits per heavy atom. The van der Waals surface area contributed by atoms with Gasteiger partial charge in [0.2, 0.25) is 0 Å². The summed E-state index contributed by atoms with van der Waals surface area (Å²) >= 11 is 0. The third-order valence-corrected chi connectivity index (χ3v) is 3.46. The van der Waals surface area contributed by atoms with Gasteiger partial charge in [0, 0.05) is 32.1 Å². The lowest BCUT2D eigenvalue weighted by Crippen LogP contribution is -2.23. The van der Waals surface area contributed by atoms with Gasteiger partial charge in [0.15, 0.2) is 6.10 Å². The zero-order valence-corrected chi connectivity index (χ0v) is 10.9. The molecule has 0 bridgehead atoms. The molecule has 0 spiro atoms. The van der Waals surface area contributed by atoms with E-state index in [1.54, 1.807) is 0 Å². The van der Waals surface area contributed by atoms with Crippen molar-refractivity contribution in [2.24, 2.45) is 0 Å². The number of carboxylic acids is 1. The molecule has 0 amide bonds. The van der Waals surface area contributed by atoms with E-state index in [4.69, 9.17) is 9.84 Å². The number of aliphatic hydroxyl groups excluding tert-OH is 1. The third-order valence-electron chi connectivity index (χ3n) is 3.46. The summed E-state index contributed by atoms with van der Waals surface area (Å²) in [6.07, 6.45) is 0.619. The van der Waals surface area contributed by atoms with E-state index < -0.39 is 12.1 Å². The number of carbonyl (C=O) groups is 1. The molecule has 1 saturated heterocycles. The number of hydrogen-bond acceptors (Lipinski definition) is 5. The molecular formula is C12H19N3O4. The Kier molecular flexibility index (Phi) is 4.49. The second-order valence-electron chi connectivity index (χ2n) is 4.79. The van der Waals surface area contributed by atoms with E-state index in [1.807, 2.05) is 11.5 Å². The molecule has 1 aliphatic heterocycles. The van der Waals surface area contributed by atoms with Gasteiger partial charge in [-0.15, -0.1) is 10.2 Å². The Morgan fingerprint density at radius 1 is 1.47 bits per heavy atom. The van der Waals surface area contributed by atoms with Crippen LogP contribution in [0.4, 0.5) is 0 Å².